The van der Waals surface area contributed by atoms with E-state index in [1.807, 2.05) is 54.6 Å². The number of oxazole rings is 1. The summed E-state index contributed by atoms with van der Waals surface area (Å²) in [5, 5.41) is 0. The highest BCUT2D eigenvalue weighted by Gasteiger charge is 2.09. The molecule has 1 aromatic heterocycles. The molecule has 0 spiro atoms. The second kappa shape index (κ2) is 13.3. The summed E-state index contributed by atoms with van der Waals surface area (Å²) >= 11 is 1.75. The standard InChI is InChI=1S/C27H34N2O3S/c1-2-7-16-29(15-6-1)17-8-18-30-25-13-11-23(12-14-25)26-21-28-27(32-26)22-33-20-19-31-24-9-4-3-5-10-24/h3-5,9-14,21H,1-2,6-8,15-20,22H2. The van der Waals surface area contributed by atoms with Crippen LogP contribution in [0.25, 0.3) is 11.3 Å². The van der Waals surface area contributed by atoms with Crippen LogP contribution in [0.3, 0.4) is 0 Å². The van der Waals surface area contributed by atoms with Gasteiger partial charge in [0.25, 0.3) is 0 Å². The fraction of sp³-hybridized carbons (Fsp3) is 0.444. The molecular formula is C27H34N2O3S. The number of ether oxygens (including phenoxy) is 2. The summed E-state index contributed by atoms with van der Waals surface area (Å²) in [6.45, 7) is 5.05. The molecule has 0 bridgehead atoms. The lowest BCUT2D eigenvalue weighted by Crippen LogP contribution is -2.26. The number of nitrogens with zero attached hydrogens (tertiary/aromatic N) is 2. The van der Waals surface area contributed by atoms with Gasteiger partial charge in [0.05, 0.1) is 25.2 Å². The first kappa shape index (κ1) is 23.7. The fourth-order valence-electron chi connectivity index (χ4n) is 3.96. The first-order valence-corrected chi connectivity index (χ1v) is 13.2. The Morgan fingerprint density at radius 3 is 2.36 bits per heavy atom. The number of hydrogen-bond donors (Lipinski definition) is 0. The predicted molar refractivity (Wildman–Crippen MR) is 135 cm³/mol. The Morgan fingerprint density at radius 1 is 0.848 bits per heavy atom. The lowest BCUT2D eigenvalue weighted by atomic mass is 10.2. The Kier molecular flexibility index (Phi) is 9.56. The van der Waals surface area contributed by atoms with Crippen LogP contribution in [0, 0.1) is 0 Å². The molecule has 4 rings (SSSR count). The van der Waals surface area contributed by atoms with Gasteiger partial charge >= 0.3 is 0 Å². The van der Waals surface area contributed by atoms with E-state index in [1.165, 1.54) is 38.8 Å². The molecule has 1 saturated heterocycles. The molecule has 0 atom stereocenters. The molecule has 0 amide bonds. The Labute approximate surface area is 201 Å². The van der Waals surface area contributed by atoms with Gasteiger partial charge in [-0.25, -0.2) is 4.98 Å². The van der Waals surface area contributed by atoms with E-state index in [0.717, 1.165) is 59.8 Å². The van der Waals surface area contributed by atoms with Crippen LogP contribution in [0.2, 0.25) is 0 Å². The Hall–Kier alpha value is -2.44. The second-order valence-electron chi connectivity index (χ2n) is 8.31. The van der Waals surface area contributed by atoms with Crippen LogP contribution in [0.1, 0.15) is 38.0 Å². The summed E-state index contributed by atoms with van der Waals surface area (Å²) in [7, 11) is 0. The predicted octanol–water partition coefficient (Wildman–Crippen LogP) is 6.30. The summed E-state index contributed by atoms with van der Waals surface area (Å²) in [6, 6.07) is 18.0. The van der Waals surface area contributed by atoms with Crippen molar-refractivity contribution in [2.75, 3.05) is 38.6 Å². The van der Waals surface area contributed by atoms with E-state index >= 15 is 0 Å². The van der Waals surface area contributed by atoms with Crippen molar-refractivity contribution in [2.24, 2.45) is 0 Å². The van der Waals surface area contributed by atoms with Gasteiger partial charge in [0.15, 0.2) is 5.76 Å². The zero-order valence-corrected chi connectivity index (χ0v) is 20.1. The van der Waals surface area contributed by atoms with E-state index in [1.54, 1.807) is 18.0 Å². The molecule has 0 aliphatic carbocycles. The van der Waals surface area contributed by atoms with Crippen LogP contribution in [-0.4, -0.2) is 48.5 Å². The second-order valence-corrected chi connectivity index (χ2v) is 9.42. The Morgan fingerprint density at radius 2 is 1.58 bits per heavy atom. The summed E-state index contributed by atoms with van der Waals surface area (Å²) in [5.74, 6) is 4.96. The largest absolute Gasteiger partial charge is 0.494 e. The third-order valence-corrected chi connectivity index (χ3v) is 6.65. The Bertz CT molecular complexity index is 922. The van der Waals surface area contributed by atoms with Gasteiger partial charge in [0.2, 0.25) is 5.89 Å². The molecule has 0 unspecified atom stereocenters. The number of thioether (sulfide) groups is 1. The van der Waals surface area contributed by atoms with Crippen molar-refractivity contribution in [2.45, 2.75) is 37.9 Å². The summed E-state index contributed by atoms with van der Waals surface area (Å²) in [6.07, 6.45) is 8.32. The molecule has 1 aliphatic heterocycles. The summed E-state index contributed by atoms with van der Waals surface area (Å²) in [5.41, 5.74) is 1.02. The maximum absolute atomic E-state index is 5.94. The maximum Gasteiger partial charge on any atom is 0.204 e. The topological polar surface area (TPSA) is 47.7 Å². The quantitative estimate of drug-likeness (QED) is 0.292. The van der Waals surface area contributed by atoms with Gasteiger partial charge in [0.1, 0.15) is 11.5 Å². The van der Waals surface area contributed by atoms with Gasteiger partial charge in [-0.1, -0.05) is 31.0 Å². The molecule has 1 fully saturated rings. The summed E-state index contributed by atoms with van der Waals surface area (Å²) < 4.78 is 17.6. The molecule has 1 aliphatic rings. The highest BCUT2D eigenvalue weighted by molar-refractivity contribution is 7.98. The third kappa shape index (κ3) is 8.13. The van der Waals surface area contributed by atoms with Gasteiger partial charge in [-0.2, -0.15) is 0 Å². The minimum absolute atomic E-state index is 0.668. The van der Waals surface area contributed by atoms with E-state index < -0.39 is 0 Å². The van der Waals surface area contributed by atoms with Crippen molar-refractivity contribution in [3.8, 4) is 22.8 Å². The van der Waals surface area contributed by atoms with Crippen LogP contribution in [0.5, 0.6) is 11.5 Å². The van der Waals surface area contributed by atoms with Crippen molar-refractivity contribution in [1.82, 2.24) is 9.88 Å². The molecule has 2 aromatic carbocycles. The fourth-order valence-corrected chi connectivity index (χ4v) is 4.61. The minimum atomic E-state index is 0.668. The van der Waals surface area contributed by atoms with Gasteiger partial charge in [-0.3, -0.25) is 0 Å². The van der Waals surface area contributed by atoms with Crippen molar-refractivity contribution < 1.29 is 13.9 Å². The molecule has 176 valence electrons. The molecule has 0 saturated carbocycles. The van der Waals surface area contributed by atoms with E-state index in [9.17, 15) is 0 Å². The number of para-hydroxylation sites is 1. The first-order chi connectivity index (χ1) is 16.4. The monoisotopic (exact) mass is 466 g/mol. The van der Waals surface area contributed by atoms with Gasteiger partial charge < -0.3 is 18.8 Å². The number of hydrogen-bond acceptors (Lipinski definition) is 6. The van der Waals surface area contributed by atoms with Crippen molar-refractivity contribution in [3.63, 3.8) is 0 Å². The number of benzene rings is 2. The zero-order valence-electron chi connectivity index (χ0n) is 19.3. The maximum atomic E-state index is 5.94. The van der Waals surface area contributed by atoms with E-state index in [2.05, 4.69) is 9.88 Å². The van der Waals surface area contributed by atoms with Crippen LogP contribution in [-0.2, 0) is 5.75 Å². The summed E-state index contributed by atoms with van der Waals surface area (Å²) in [4.78, 5) is 7.00. The molecule has 0 radical (unpaired) electrons. The molecule has 0 N–H and O–H groups in total. The average molecular weight is 467 g/mol. The molecule has 5 nitrogen and oxygen atoms in total. The van der Waals surface area contributed by atoms with E-state index in [4.69, 9.17) is 13.9 Å². The molecule has 2 heterocycles. The van der Waals surface area contributed by atoms with Gasteiger partial charge in [0, 0.05) is 17.9 Å². The molecule has 3 aromatic rings. The van der Waals surface area contributed by atoms with Crippen LogP contribution < -0.4 is 9.47 Å². The normalized spacial score (nSPS) is 14.7. The van der Waals surface area contributed by atoms with Gasteiger partial charge in [-0.15, -0.1) is 11.8 Å². The van der Waals surface area contributed by atoms with Crippen molar-refractivity contribution >= 4 is 11.8 Å². The van der Waals surface area contributed by atoms with Crippen LogP contribution in [0.15, 0.2) is 65.2 Å². The highest BCUT2D eigenvalue weighted by Crippen LogP contribution is 2.25. The average Bonchev–Trinajstić information content (AvgIpc) is 3.17. The first-order valence-electron chi connectivity index (χ1n) is 12.0. The van der Waals surface area contributed by atoms with E-state index in [0.29, 0.717) is 6.61 Å². The lowest BCUT2D eigenvalue weighted by Gasteiger charge is -2.19. The van der Waals surface area contributed by atoms with Crippen molar-refractivity contribution in [3.05, 3.63) is 66.7 Å². The van der Waals surface area contributed by atoms with Crippen molar-refractivity contribution in [1.29, 1.82) is 0 Å². The lowest BCUT2D eigenvalue weighted by molar-refractivity contribution is 0.240. The van der Waals surface area contributed by atoms with Crippen LogP contribution in [0.4, 0.5) is 0 Å². The number of likely N-dealkylation sites (tertiary alicyclic amines) is 1. The number of rotatable bonds is 12. The SMILES string of the molecule is c1ccc(OCCSCc2ncc(-c3ccc(OCCCN4CCCCCC4)cc3)o2)cc1. The Balaban J connectivity index is 1.14. The highest BCUT2D eigenvalue weighted by atomic mass is 32.2. The third-order valence-electron chi connectivity index (χ3n) is 5.74. The molecular weight excluding hydrogens is 432 g/mol. The van der Waals surface area contributed by atoms with Crippen LogP contribution >= 0.6 is 11.8 Å². The van der Waals surface area contributed by atoms with E-state index in [-0.39, 0.29) is 0 Å². The minimum Gasteiger partial charge on any atom is -0.494 e. The smallest absolute Gasteiger partial charge is 0.204 e. The zero-order chi connectivity index (χ0) is 22.6. The number of aromatic nitrogens is 1. The van der Waals surface area contributed by atoms with Gasteiger partial charge in [-0.05, 0) is 68.8 Å². The molecule has 33 heavy (non-hydrogen) atoms. The molecule has 6 heteroatoms.